The van der Waals surface area contributed by atoms with Crippen LogP contribution in [0.4, 0.5) is 11.4 Å². The van der Waals surface area contributed by atoms with Crippen LogP contribution >= 0.6 is 0 Å². The number of benzene rings is 2. The molecule has 2 aromatic rings. The van der Waals surface area contributed by atoms with Crippen molar-refractivity contribution in [1.82, 2.24) is 0 Å². The van der Waals surface area contributed by atoms with Gasteiger partial charge in [-0.2, -0.15) is 0 Å². The molecule has 0 atom stereocenters. The Bertz CT molecular complexity index is 656. The highest BCUT2D eigenvalue weighted by Gasteiger charge is 2.21. The fourth-order valence-electron chi connectivity index (χ4n) is 1.81. The molecular formula is C14H15N3O3. The first-order chi connectivity index (χ1) is 9.52. The molecule has 0 aliphatic rings. The van der Waals surface area contributed by atoms with Crippen LogP contribution < -0.4 is 16.0 Å². The number of para-hydroxylation sites is 1. The highest BCUT2D eigenvalue weighted by molar-refractivity contribution is 5.68. The van der Waals surface area contributed by atoms with Gasteiger partial charge in [-0.3, -0.25) is 16.0 Å². The minimum Gasteiger partial charge on any atom is -0.450 e. The summed E-state index contributed by atoms with van der Waals surface area (Å²) in [6.45, 7) is 3.94. The Morgan fingerprint density at radius 3 is 2.55 bits per heavy atom. The summed E-state index contributed by atoms with van der Waals surface area (Å²) in [5.74, 6) is 5.98. The SMILES string of the molecule is Cc1ccc(Oc2cccc(NN)c2[N+](=O)[O-])cc1C. The minimum atomic E-state index is -0.522. The average molecular weight is 273 g/mol. The van der Waals surface area contributed by atoms with Crippen molar-refractivity contribution in [3.05, 3.63) is 57.6 Å². The molecule has 0 aliphatic carbocycles. The van der Waals surface area contributed by atoms with Crippen LogP contribution in [-0.2, 0) is 0 Å². The van der Waals surface area contributed by atoms with Gasteiger partial charge in [-0.1, -0.05) is 12.1 Å². The molecule has 3 N–H and O–H groups in total. The number of nitrogens with two attached hydrogens (primary N) is 1. The third-order valence-electron chi connectivity index (χ3n) is 3.04. The summed E-state index contributed by atoms with van der Waals surface area (Å²) < 4.78 is 5.61. The predicted octanol–water partition coefficient (Wildman–Crippen LogP) is 3.29. The molecule has 0 heterocycles. The van der Waals surface area contributed by atoms with Gasteiger partial charge in [0.1, 0.15) is 11.4 Å². The number of nitro benzene ring substituents is 1. The number of aryl methyl sites for hydroxylation is 2. The molecule has 0 radical (unpaired) electrons. The standard InChI is InChI=1S/C14H15N3O3/c1-9-6-7-11(8-10(9)2)20-13-5-3-4-12(16-15)14(13)17(18)19/h3-8,16H,15H2,1-2H3. The number of nitrogens with zero attached hydrogens (tertiary/aromatic N) is 1. The van der Waals surface area contributed by atoms with Gasteiger partial charge in [0, 0.05) is 0 Å². The Balaban J connectivity index is 2.42. The molecule has 2 aromatic carbocycles. The molecule has 0 unspecified atom stereocenters. The molecule has 0 bridgehead atoms. The van der Waals surface area contributed by atoms with Crippen molar-refractivity contribution in [1.29, 1.82) is 0 Å². The van der Waals surface area contributed by atoms with Crippen molar-refractivity contribution in [2.75, 3.05) is 5.43 Å². The van der Waals surface area contributed by atoms with E-state index < -0.39 is 4.92 Å². The van der Waals surface area contributed by atoms with Crippen molar-refractivity contribution in [2.24, 2.45) is 5.84 Å². The van der Waals surface area contributed by atoms with Crippen LogP contribution in [0.5, 0.6) is 11.5 Å². The molecule has 6 nitrogen and oxygen atoms in total. The summed E-state index contributed by atoms with van der Waals surface area (Å²) in [7, 11) is 0. The van der Waals surface area contributed by atoms with Crippen molar-refractivity contribution in [3.8, 4) is 11.5 Å². The lowest BCUT2D eigenvalue weighted by Crippen LogP contribution is -2.09. The Labute approximate surface area is 116 Å². The van der Waals surface area contributed by atoms with Gasteiger partial charge in [-0.05, 0) is 49.2 Å². The van der Waals surface area contributed by atoms with Crippen molar-refractivity contribution in [3.63, 3.8) is 0 Å². The molecule has 0 aromatic heterocycles. The summed E-state index contributed by atoms with van der Waals surface area (Å²) in [4.78, 5) is 10.6. The number of rotatable bonds is 4. The number of nitrogens with one attached hydrogen (secondary N) is 1. The zero-order valence-electron chi connectivity index (χ0n) is 11.2. The van der Waals surface area contributed by atoms with E-state index in [1.165, 1.54) is 12.1 Å². The second-order valence-electron chi connectivity index (χ2n) is 4.40. The van der Waals surface area contributed by atoms with Crippen molar-refractivity contribution < 1.29 is 9.66 Å². The molecule has 0 amide bonds. The maximum atomic E-state index is 11.1. The Hall–Kier alpha value is -2.60. The molecule has 104 valence electrons. The third-order valence-corrected chi connectivity index (χ3v) is 3.04. The largest absolute Gasteiger partial charge is 0.450 e. The van der Waals surface area contributed by atoms with E-state index in [-0.39, 0.29) is 17.1 Å². The molecule has 20 heavy (non-hydrogen) atoms. The van der Waals surface area contributed by atoms with E-state index in [4.69, 9.17) is 10.6 Å². The van der Waals surface area contributed by atoms with Crippen LogP contribution in [0.3, 0.4) is 0 Å². The number of nitro groups is 1. The van der Waals surface area contributed by atoms with Gasteiger partial charge in [0.25, 0.3) is 0 Å². The maximum absolute atomic E-state index is 11.1. The topological polar surface area (TPSA) is 90.4 Å². The van der Waals surface area contributed by atoms with Gasteiger partial charge in [-0.15, -0.1) is 0 Å². The quantitative estimate of drug-likeness (QED) is 0.506. The second-order valence-corrected chi connectivity index (χ2v) is 4.40. The molecule has 0 fully saturated rings. The smallest absolute Gasteiger partial charge is 0.335 e. The summed E-state index contributed by atoms with van der Waals surface area (Å²) in [6, 6.07) is 10.2. The van der Waals surface area contributed by atoms with Gasteiger partial charge in [0.15, 0.2) is 0 Å². The number of ether oxygens (including phenoxy) is 1. The molecule has 0 saturated carbocycles. The maximum Gasteiger partial charge on any atom is 0.335 e. The van der Waals surface area contributed by atoms with Crippen molar-refractivity contribution in [2.45, 2.75) is 13.8 Å². The molecule has 0 spiro atoms. The van der Waals surface area contributed by atoms with E-state index in [0.717, 1.165) is 11.1 Å². The van der Waals surface area contributed by atoms with Gasteiger partial charge < -0.3 is 10.2 Å². The van der Waals surface area contributed by atoms with Crippen molar-refractivity contribution >= 4 is 11.4 Å². The van der Waals surface area contributed by atoms with Gasteiger partial charge in [0.05, 0.1) is 4.92 Å². The van der Waals surface area contributed by atoms with Crippen LogP contribution in [0.25, 0.3) is 0 Å². The molecule has 0 saturated heterocycles. The monoisotopic (exact) mass is 273 g/mol. The highest BCUT2D eigenvalue weighted by Crippen LogP contribution is 2.37. The Kier molecular flexibility index (Phi) is 3.86. The van der Waals surface area contributed by atoms with Crippen LogP contribution in [0.15, 0.2) is 36.4 Å². The van der Waals surface area contributed by atoms with E-state index in [9.17, 15) is 10.1 Å². The number of hydrazine groups is 1. The number of hydrogen-bond acceptors (Lipinski definition) is 5. The lowest BCUT2D eigenvalue weighted by atomic mass is 10.1. The average Bonchev–Trinajstić information content (AvgIpc) is 2.42. The van der Waals surface area contributed by atoms with Crippen LogP contribution in [-0.4, -0.2) is 4.92 Å². The lowest BCUT2D eigenvalue weighted by molar-refractivity contribution is -0.384. The first kappa shape index (κ1) is 13.8. The van der Waals surface area contributed by atoms with E-state index in [0.29, 0.717) is 5.75 Å². The number of hydrogen-bond donors (Lipinski definition) is 2. The van der Waals surface area contributed by atoms with E-state index in [1.54, 1.807) is 12.1 Å². The summed E-state index contributed by atoms with van der Waals surface area (Å²) in [5, 5.41) is 11.1. The van der Waals surface area contributed by atoms with E-state index >= 15 is 0 Å². The summed E-state index contributed by atoms with van der Waals surface area (Å²) in [6.07, 6.45) is 0. The summed E-state index contributed by atoms with van der Waals surface area (Å²) in [5.41, 5.74) is 4.50. The first-order valence-corrected chi connectivity index (χ1v) is 6.02. The molecular weight excluding hydrogens is 258 g/mol. The van der Waals surface area contributed by atoms with Crippen LogP contribution in [0, 0.1) is 24.0 Å². The number of anilines is 1. The lowest BCUT2D eigenvalue weighted by Gasteiger charge is -2.10. The number of nitrogen functional groups attached to an aromatic ring is 1. The third kappa shape index (κ3) is 2.70. The van der Waals surface area contributed by atoms with Gasteiger partial charge in [-0.25, -0.2) is 0 Å². The Morgan fingerprint density at radius 2 is 1.95 bits per heavy atom. The fraction of sp³-hybridized carbons (Fsp3) is 0.143. The fourth-order valence-corrected chi connectivity index (χ4v) is 1.81. The van der Waals surface area contributed by atoms with Crippen LogP contribution in [0.2, 0.25) is 0 Å². The first-order valence-electron chi connectivity index (χ1n) is 6.02. The molecule has 0 aliphatic heterocycles. The summed E-state index contributed by atoms with van der Waals surface area (Å²) >= 11 is 0. The zero-order valence-corrected chi connectivity index (χ0v) is 11.2. The minimum absolute atomic E-state index is 0.147. The van der Waals surface area contributed by atoms with Gasteiger partial charge >= 0.3 is 5.69 Å². The second kappa shape index (κ2) is 5.58. The highest BCUT2D eigenvalue weighted by atomic mass is 16.6. The zero-order chi connectivity index (χ0) is 14.7. The van der Waals surface area contributed by atoms with E-state index in [2.05, 4.69) is 5.43 Å². The predicted molar refractivity (Wildman–Crippen MR) is 76.9 cm³/mol. The molecule has 6 heteroatoms. The molecule has 2 rings (SSSR count). The van der Waals surface area contributed by atoms with Crippen LogP contribution in [0.1, 0.15) is 11.1 Å². The van der Waals surface area contributed by atoms with E-state index in [1.807, 2.05) is 26.0 Å². The van der Waals surface area contributed by atoms with Gasteiger partial charge in [0.2, 0.25) is 5.75 Å². The Morgan fingerprint density at radius 1 is 1.20 bits per heavy atom. The normalized spacial score (nSPS) is 10.2.